The van der Waals surface area contributed by atoms with Gasteiger partial charge in [0.15, 0.2) is 0 Å². The van der Waals surface area contributed by atoms with E-state index < -0.39 is 0 Å². The summed E-state index contributed by atoms with van der Waals surface area (Å²) >= 11 is 7.73. The van der Waals surface area contributed by atoms with Crippen molar-refractivity contribution in [3.8, 4) is 0 Å². The van der Waals surface area contributed by atoms with Crippen molar-refractivity contribution in [1.82, 2.24) is 9.78 Å². The fourth-order valence-corrected chi connectivity index (χ4v) is 1.23. The number of hydrogen-bond donors (Lipinski definition) is 0. The molecule has 0 aliphatic heterocycles. The highest BCUT2D eigenvalue weighted by Crippen LogP contribution is 2.04. The summed E-state index contributed by atoms with van der Waals surface area (Å²) in [5.41, 5.74) is 2.68. The Kier molecular flexibility index (Phi) is 3.39. The van der Waals surface area contributed by atoms with Crippen LogP contribution in [0.5, 0.6) is 0 Å². The zero-order valence-electron chi connectivity index (χ0n) is 6.09. The second-order valence-electron chi connectivity index (χ2n) is 2.31. The SMILES string of the molecule is C/C(=C/Cl)Cn1cc(I)cn1. The van der Waals surface area contributed by atoms with E-state index in [1.165, 1.54) is 0 Å². The minimum atomic E-state index is 0.770. The van der Waals surface area contributed by atoms with E-state index in [1.54, 1.807) is 5.54 Å². The van der Waals surface area contributed by atoms with Crippen LogP contribution in [0.25, 0.3) is 0 Å². The van der Waals surface area contributed by atoms with Crippen molar-refractivity contribution >= 4 is 34.2 Å². The summed E-state index contributed by atoms with van der Waals surface area (Å²) in [5.74, 6) is 0. The van der Waals surface area contributed by atoms with Crippen LogP contribution in [0.3, 0.4) is 0 Å². The van der Waals surface area contributed by atoms with Gasteiger partial charge in [-0.15, -0.1) is 0 Å². The van der Waals surface area contributed by atoms with E-state index >= 15 is 0 Å². The van der Waals surface area contributed by atoms with Crippen molar-refractivity contribution in [3.63, 3.8) is 0 Å². The van der Waals surface area contributed by atoms with Gasteiger partial charge in [0.05, 0.1) is 16.3 Å². The molecule has 4 heteroatoms. The maximum absolute atomic E-state index is 5.50. The molecule has 11 heavy (non-hydrogen) atoms. The Morgan fingerprint density at radius 1 is 1.91 bits per heavy atom. The number of allylic oxidation sites excluding steroid dienone is 1. The topological polar surface area (TPSA) is 17.8 Å². The maximum Gasteiger partial charge on any atom is 0.0628 e. The summed E-state index contributed by atoms with van der Waals surface area (Å²) in [4.78, 5) is 0. The Hall–Kier alpha value is -0.0300. The van der Waals surface area contributed by atoms with Crippen LogP contribution in [0.4, 0.5) is 0 Å². The normalized spacial score (nSPS) is 12.1. The van der Waals surface area contributed by atoms with Crippen LogP contribution >= 0.6 is 34.2 Å². The third-order valence-corrected chi connectivity index (χ3v) is 2.13. The van der Waals surface area contributed by atoms with Gasteiger partial charge in [0.1, 0.15) is 0 Å². The van der Waals surface area contributed by atoms with Gasteiger partial charge in [0.2, 0.25) is 0 Å². The first-order chi connectivity index (χ1) is 5.22. The molecular formula is C7H8ClIN2. The molecule has 0 aliphatic carbocycles. The molecule has 1 aromatic rings. The Labute approximate surface area is 84.4 Å². The lowest BCUT2D eigenvalue weighted by molar-refractivity contribution is 0.678. The first-order valence-electron chi connectivity index (χ1n) is 3.16. The third-order valence-electron chi connectivity index (χ3n) is 1.20. The van der Waals surface area contributed by atoms with E-state index in [0.29, 0.717) is 0 Å². The first kappa shape index (κ1) is 9.06. The molecule has 0 N–H and O–H groups in total. The molecule has 0 saturated carbocycles. The molecule has 60 valence electrons. The van der Waals surface area contributed by atoms with Crippen molar-refractivity contribution < 1.29 is 0 Å². The van der Waals surface area contributed by atoms with Gasteiger partial charge < -0.3 is 0 Å². The molecule has 1 aromatic heterocycles. The minimum absolute atomic E-state index is 0.770. The average molecular weight is 283 g/mol. The number of hydrogen-bond acceptors (Lipinski definition) is 1. The molecule has 1 rings (SSSR count). The molecule has 0 atom stereocenters. The van der Waals surface area contributed by atoms with Crippen molar-refractivity contribution in [1.29, 1.82) is 0 Å². The van der Waals surface area contributed by atoms with Gasteiger partial charge in [-0.2, -0.15) is 5.10 Å². The molecule has 0 spiro atoms. The average Bonchev–Trinajstić information content (AvgIpc) is 2.35. The van der Waals surface area contributed by atoms with Crippen LogP contribution in [0.2, 0.25) is 0 Å². The number of halogens is 2. The van der Waals surface area contributed by atoms with Gasteiger partial charge in [-0.1, -0.05) is 11.6 Å². The summed E-state index contributed by atoms with van der Waals surface area (Å²) < 4.78 is 3.00. The lowest BCUT2D eigenvalue weighted by Gasteiger charge is -1.98. The second kappa shape index (κ2) is 4.11. The van der Waals surface area contributed by atoms with E-state index in [4.69, 9.17) is 11.6 Å². The van der Waals surface area contributed by atoms with Crippen LogP contribution in [0.15, 0.2) is 23.5 Å². The van der Waals surface area contributed by atoms with E-state index in [1.807, 2.05) is 24.0 Å². The van der Waals surface area contributed by atoms with Crippen LogP contribution in [-0.4, -0.2) is 9.78 Å². The predicted molar refractivity (Wildman–Crippen MR) is 54.6 cm³/mol. The Morgan fingerprint density at radius 3 is 3.09 bits per heavy atom. The first-order valence-corrected chi connectivity index (χ1v) is 4.67. The van der Waals surface area contributed by atoms with Crippen molar-refractivity contribution in [3.05, 3.63) is 27.1 Å². The summed E-state index contributed by atoms with van der Waals surface area (Å²) in [5, 5.41) is 4.11. The summed E-state index contributed by atoms with van der Waals surface area (Å²) in [6.45, 7) is 2.74. The van der Waals surface area contributed by atoms with Gasteiger partial charge in [-0.25, -0.2) is 0 Å². The lowest BCUT2D eigenvalue weighted by Crippen LogP contribution is -1.98. The van der Waals surface area contributed by atoms with Gasteiger partial charge >= 0.3 is 0 Å². The molecule has 0 radical (unpaired) electrons. The van der Waals surface area contributed by atoms with Gasteiger partial charge in [0.25, 0.3) is 0 Å². The van der Waals surface area contributed by atoms with Crippen molar-refractivity contribution in [2.75, 3.05) is 0 Å². The minimum Gasteiger partial charge on any atom is -0.268 e. The Balaban J connectivity index is 2.65. The fourth-order valence-electron chi connectivity index (χ4n) is 0.715. The largest absolute Gasteiger partial charge is 0.268 e. The van der Waals surface area contributed by atoms with Crippen LogP contribution in [0, 0.1) is 3.57 Å². The highest BCUT2D eigenvalue weighted by molar-refractivity contribution is 14.1. The summed E-state index contributed by atoms with van der Waals surface area (Å²) in [6.07, 6.45) is 3.80. The van der Waals surface area contributed by atoms with Crippen molar-refractivity contribution in [2.45, 2.75) is 13.5 Å². The van der Waals surface area contributed by atoms with Crippen molar-refractivity contribution in [2.24, 2.45) is 0 Å². The highest BCUT2D eigenvalue weighted by atomic mass is 127. The third kappa shape index (κ3) is 2.83. The Morgan fingerprint density at radius 2 is 2.64 bits per heavy atom. The number of aromatic nitrogens is 2. The predicted octanol–water partition coefficient (Wildman–Crippen LogP) is 2.63. The fraction of sp³-hybridized carbons (Fsp3) is 0.286. The molecule has 0 aromatic carbocycles. The molecule has 0 aliphatic rings. The quantitative estimate of drug-likeness (QED) is 0.763. The molecule has 0 unspecified atom stereocenters. The molecule has 0 bridgehead atoms. The molecular weight excluding hydrogens is 274 g/mol. The Bertz CT molecular complexity index is 267. The van der Waals surface area contributed by atoms with E-state index in [-0.39, 0.29) is 0 Å². The van der Waals surface area contributed by atoms with Crippen LogP contribution in [0.1, 0.15) is 6.92 Å². The summed E-state index contributed by atoms with van der Waals surface area (Å²) in [6, 6.07) is 0. The lowest BCUT2D eigenvalue weighted by atomic mass is 10.3. The summed E-state index contributed by atoms with van der Waals surface area (Å²) in [7, 11) is 0. The zero-order valence-corrected chi connectivity index (χ0v) is 9.00. The molecule has 0 saturated heterocycles. The van der Waals surface area contributed by atoms with Gasteiger partial charge in [-0.05, 0) is 35.1 Å². The van der Waals surface area contributed by atoms with E-state index in [9.17, 15) is 0 Å². The van der Waals surface area contributed by atoms with E-state index in [2.05, 4.69) is 27.7 Å². The monoisotopic (exact) mass is 282 g/mol. The molecule has 0 amide bonds. The highest BCUT2D eigenvalue weighted by Gasteiger charge is 1.94. The van der Waals surface area contributed by atoms with E-state index in [0.717, 1.165) is 15.7 Å². The zero-order chi connectivity index (χ0) is 8.27. The van der Waals surface area contributed by atoms with Gasteiger partial charge in [-0.3, -0.25) is 4.68 Å². The standard InChI is InChI=1S/C7H8ClIN2/c1-6(2-8)4-11-5-7(9)3-10-11/h2-3,5H,4H2,1H3/b6-2-. The van der Waals surface area contributed by atoms with Gasteiger partial charge in [0, 0.05) is 11.7 Å². The number of nitrogens with zero attached hydrogens (tertiary/aromatic N) is 2. The van der Waals surface area contributed by atoms with Crippen LogP contribution in [-0.2, 0) is 6.54 Å². The molecule has 1 heterocycles. The molecule has 2 nitrogen and oxygen atoms in total. The smallest absolute Gasteiger partial charge is 0.0628 e. The molecule has 0 fully saturated rings. The maximum atomic E-state index is 5.50. The number of rotatable bonds is 2. The second-order valence-corrected chi connectivity index (χ2v) is 3.78. The van der Waals surface area contributed by atoms with Crippen LogP contribution < -0.4 is 0 Å².